The molecule has 4 aromatic carbocycles. The number of carbonyl (C=O) groups is 5. The normalized spacial score (nSPS) is 14.0. The van der Waals surface area contributed by atoms with Gasteiger partial charge < -0.3 is 15.5 Å². The van der Waals surface area contributed by atoms with Gasteiger partial charge >= 0.3 is 6.18 Å². The highest BCUT2D eigenvalue weighted by Gasteiger charge is 2.38. The minimum Gasteiger partial charge on any atom is -0.344 e. The zero-order valence-electron chi connectivity index (χ0n) is 32.0. The Balaban J connectivity index is 1.32. The summed E-state index contributed by atoms with van der Waals surface area (Å²) in [5.41, 5.74) is 1.04. The molecule has 1 aliphatic carbocycles. The van der Waals surface area contributed by atoms with Crippen molar-refractivity contribution in [1.29, 1.82) is 0 Å². The molecule has 0 saturated heterocycles. The summed E-state index contributed by atoms with van der Waals surface area (Å²) in [7, 11) is -4.22. The van der Waals surface area contributed by atoms with Gasteiger partial charge in [0.25, 0.3) is 21.8 Å². The van der Waals surface area contributed by atoms with Crippen molar-refractivity contribution in [2.24, 2.45) is 11.8 Å². The summed E-state index contributed by atoms with van der Waals surface area (Å²) >= 11 is 5.83. The van der Waals surface area contributed by atoms with Gasteiger partial charge in [0.15, 0.2) is 5.78 Å². The van der Waals surface area contributed by atoms with Crippen molar-refractivity contribution in [1.82, 2.24) is 20.3 Å². The monoisotopic (exact) mass is 838 g/mol. The van der Waals surface area contributed by atoms with Crippen LogP contribution in [0.2, 0.25) is 5.02 Å². The van der Waals surface area contributed by atoms with E-state index in [-0.39, 0.29) is 21.6 Å². The number of ketones is 1. The third-order valence-corrected chi connectivity index (χ3v) is 11.4. The SMILES string of the molecule is CC(C)[C@H](NC(=O)CN(C(=O)[C@@H](NC(=O)c1ccc(C(=O)NS(=O)(=O)c2ccc(Cl)cc2)cc1)C(C)C)C1Cc2ccccc2C1)C(=O)c1ccc(C(F)(F)F)cc1. The summed E-state index contributed by atoms with van der Waals surface area (Å²) in [5.74, 6) is -4.38. The molecule has 0 aliphatic heterocycles. The molecule has 4 amide bonds. The van der Waals surface area contributed by atoms with Crippen molar-refractivity contribution >= 4 is 51.0 Å². The molecule has 2 atom stereocenters. The van der Waals surface area contributed by atoms with Gasteiger partial charge in [0.1, 0.15) is 6.04 Å². The van der Waals surface area contributed by atoms with Gasteiger partial charge in [-0.1, -0.05) is 75.7 Å². The number of amides is 4. The molecule has 0 bridgehead atoms. The van der Waals surface area contributed by atoms with E-state index in [4.69, 9.17) is 11.6 Å². The smallest absolute Gasteiger partial charge is 0.344 e. The van der Waals surface area contributed by atoms with E-state index >= 15 is 0 Å². The fraction of sp³-hybridized carbons (Fsp3) is 0.310. The van der Waals surface area contributed by atoms with Gasteiger partial charge in [-0.2, -0.15) is 13.2 Å². The number of hydrogen-bond acceptors (Lipinski definition) is 7. The lowest BCUT2D eigenvalue weighted by molar-refractivity contribution is -0.141. The maximum atomic E-state index is 14.5. The Morgan fingerprint density at radius 1 is 0.707 bits per heavy atom. The van der Waals surface area contributed by atoms with E-state index < -0.39 is 87.7 Å². The molecule has 11 nitrogen and oxygen atoms in total. The van der Waals surface area contributed by atoms with Crippen LogP contribution in [0.15, 0.2) is 102 Å². The molecule has 4 aromatic rings. The molecule has 0 spiro atoms. The quantitative estimate of drug-likeness (QED) is 0.127. The standard InChI is InChI=1S/C42H42ClF3N4O7S/c1-24(2)36(38(52)26-13-15-31(16-14-26)42(44,45)46)47-35(51)23-50(33-21-29-7-5-6-8-30(29)22-33)41(55)37(25(3)4)48-39(53)27-9-11-28(12-10-27)40(54)49-58(56,57)34-19-17-32(43)18-20-34/h5-20,24-25,33,36-37H,21-23H2,1-4H3,(H,47,51)(H,48,53)(H,49,54)/t36-,37-/m0/s1. The fourth-order valence-corrected chi connectivity index (χ4v) is 7.70. The zero-order chi connectivity index (χ0) is 42.5. The molecule has 1 aliphatic rings. The molecule has 16 heteroatoms. The molecular weight excluding hydrogens is 797 g/mol. The summed E-state index contributed by atoms with van der Waals surface area (Å²) in [4.78, 5) is 69.3. The van der Waals surface area contributed by atoms with E-state index in [2.05, 4.69) is 10.6 Å². The van der Waals surface area contributed by atoms with Crippen LogP contribution in [-0.4, -0.2) is 67.4 Å². The molecule has 3 N–H and O–H groups in total. The van der Waals surface area contributed by atoms with Crippen LogP contribution >= 0.6 is 11.6 Å². The number of Topliss-reactive ketones (excluding diaryl/α,β-unsaturated/α-hetero) is 1. The van der Waals surface area contributed by atoms with Gasteiger partial charge in [0.2, 0.25) is 11.8 Å². The Labute approximate surface area is 339 Å². The Kier molecular flexibility index (Phi) is 13.5. The van der Waals surface area contributed by atoms with E-state index in [1.807, 2.05) is 29.0 Å². The minimum absolute atomic E-state index is 0.0228. The van der Waals surface area contributed by atoms with Crippen molar-refractivity contribution in [3.63, 3.8) is 0 Å². The maximum absolute atomic E-state index is 14.5. The van der Waals surface area contributed by atoms with Gasteiger partial charge in [-0.15, -0.1) is 0 Å². The highest BCUT2D eigenvalue weighted by atomic mass is 35.5. The van der Waals surface area contributed by atoms with E-state index in [1.54, 1.807) is 27.7 Å². The molecule has 0 heterocycles. The summed E-state index contributed by atoms with van der Waals surface area (Å²) < 4.78 is 66.8. The average Bonchev–Trinajstić information content (AvgIpc) is 3.61. The van der Waals surface area contributed by atoms with Crippen LogP contribution in [0, 0.1) is 11.8 Å². The van der Waals surface area contributed by atoms with Crippen molar-refractivity contribution in [2.75, 3.05) is 6.54 Å². The third-order valence-electron chi connectivity index (χ3n) is 9.81. The van der Waals surface area contributed by atoms with Gasteiger partial charge in [0, 0.05) is 27.8 Å². The van der Waals surface area contributed by atoms with Crippen LogP contribution in [0.4, 0.5) is 13.2 Å². The van der Waals surface area contributed by atoms with Gasteiger partial charge in [0.05, 0.1) is 23.0 Å². The Bertz CT molecular complexity index is 2260. The van der Waals surface area contributed by atoms with Gasteiger partial charge in [-0.05, 0) is 96.5 Å². The number of carbonyl (C=O) groups excluding carboxylic acids is 5. The largest absolute Gasteiger partial charge is 0.416 e. The van der Waals surface area contributed by atoms with Crippen molar-refractivity contribution in [2.45, 2.75) is 69.7 Å². The van der Waals surface area contributed by atoms with Crippen molar-refractivity contribution < 1.29 is 45.6 Å². The Morgan fingerprint density at radius 2 is 1.21 bits per heavy atom. The van der Waals surface area contributed by atoms with Crippen LogP contribution < -0.4 is 15.4 Å². The molecule has 0 aromatic heterocycles. The number of rotatable bonds is 14. The lowest BCUT2D eigenvalue weighted by atomic mass is 9.94. The molecule has 0 radical (unpaired) electrons. The average molecular weight is 839 g/mol. The molecule has 58 heavy (non-hydrogen) atoms. The Morgan fingerprint density at radius 3 is 1.71 bits per heavy atom. The number of sulfonamides is 1. The molecule has 0 unspecified atom stereocenters. The summed E-state index contributed by atoms with van der Waals surface area (Å²) in [6.45, 7) is 6.31. The predicted molar refractivity (Wildman–Crippen MR) is 211 cm³/mol. The number of benzene rings is 4. The zero-order valence-corrected chi connectivity index (χ0v) is 33.5. The fourth-order valence-electron chi connectivity index (χ4n) is 6.60. The Hall–Kier alpha value is -5.54. The second-order valence-corrected chi connectivity index (χ2v) is 16.8. The lowest BCUT2D eigenvalue weighted by Gasteiger charge is -2.34. The number of nitrogens with zero attached hydrogens (tertiary/aromatic N) is 1. The number of fused-ring (bicyclic) bond motifs is 1. The van der Waals surface area contributed by atoms with Crippen LogP contribution in [0.1, 0.15) is 75.5 Å². The molecule has 306 valence electrons. The topological polar surface area (TPSA) is 159 Å². The molecule has 5 rings (SSSR count). The van der Waals surface area contributed by atoms with E-state index in [0.717, 1.165) is 35.4 Å². The van der Waals surface area contributed by atoms with Crippen LogP contribution in [-0.2, 0) is 38.6 Å². The van der Waals surface area contributed by atoms with E-state index in [9.17, 15) is 45.6 Å². The number of hydrogen-bond donors (Lipinski definition) is 3. The van der Waals surface area contributed by atoms with E-state index in [0.29, 0.717) is 17.9 Å². The first-order chi connectivity index (χ1) is 27.2. The summed E-state index contributed by atoms with van der Waals surface area (Å²) in [5, 5.41) is 5.76. The van der Waals surface area contributed by atoms with Crippen molar-refractivity contribution in [3.8, 4) is 0 Å². The number of halogens is 4. The summed E-state index contributed by atoms with van der Waals surface area (Å²) in [6.07, 6.45) is -3.75. The van der Waals surface area contributed by atoms with E-state index in [1.165, 1.54) is 53.4 Å². The van der Waals surface area contributed by atoms with Crippen LogP contribution in [0.3, 0.4) is 0 Å². The molecule has 0 saturated carbocycles. The lowest BCUT2D eigenvalue weighted by Crippen LogP contribution is -2.57. The second-order valence-electron chi connectivity index (χ2n) is 14.7. The maximum Gasteiger partial charge on any atom is 0.416 e. The van der Waals surface area contributed by atoms with Gasteiger partial charge in [-0.25, -0.2) is 13.1 Å². The van der Waals surface area contributed by atoms with Crippen LogP contribution in [0.5, 0.6) is 0 Å². The minimum atomic E-state index is -4.59. The second kappa shape index (κ2) is 17.9. The third kappa shape index (κ3) is 10.5. The first-order valence-corrected chi connectivity index (χ1v) is 20.2. The highest BCUT2D eigenvalue weighted by molar-refractivity contribution is 7.90. The molecular formula is C42H42ClF3N4O7S. The predicted octanol–water partition coefficient (Wildman–Crippen LogP) is 6.25. The first kappa shape index (κ1) is 43.6. The van der Waals surface area contributed by atoms with Gasteiger partial charge in [-0.3, -0.25) is 24.0 Å². The molecule has 0 fully saturated rings. The highest BCUT2D eigenvalue weighted by Crippen LogP contribution is 2.30. The van der Waals surface area contributed by atoms with Crippen LogP contribution in [0.25, 0.3) is 0 Å². The number of nitrogens with one attached hydrogen (secondary N) is 3. The first-order valence-electron chi connectivity index (χ1n) is 18.4. The summed E-state index contributed by atoms with van der Waals surface area (Å²) in [6, 6.07) is 18.9. The number of alkyl halides is 3. The van der Waals surface area contributed by atoms with Crippen molar-refractivity contribution in [3.05, 3.63) is 135 Å².